The molecular weight excluding hydrogens is 439 g/mol. The summed E-state index contributed by atoms with van der Waals surface area (Å²) in [5.41, 5.74) is 1.12. The number of ether oxygens (including phenoxy) is 1. The van der Waals surface area contributed by atoms with Gasteiger partial charge in [-0.2, -0.15) is 0 Å². The molecule has 0 amide bonds. The predicted molar refractivity (Wildman–Crippen MR) is 112 cm³/mol. The average Bonchev–Trinajstić information content (AvgIpc) is 3.21. The monoisotopic (exact) mass is 466 g/mol. The second-order valence-electron chi connectivity index (χ2n) is 6.93. The van der Waals surface area contributed by atoms with Crippen LogP contribution in [0.1, 0.15) is 18.9 Å². The summed E-state index contributed by atoms with van der Waals surface area (Å²) in [6.45, 7) is 5.86. The molecule has 1 saturated heterocycles. The Morgan fingerprint density at radius 2 is 1.83 bits per heavy atom. The van der Waals surface area contributed by atoms with Crippen LogP contribution in [0.4, 0.5) is 0 Å². The van der Waals surface area contributed by atoms with Gasteiger partial charge in [0.25, 0.3) is 0 Å². The van der Waals surface area contributed by atoms with E-state index in [2.05, 4.69) is 17.1 Å². The molecule has 0 aliphatic carbocycles. The third kappa shape index (κ3) is 8.35. The van der Waals surface area contributed by atoms with Crippen LogP contribution in [-0.2, 0) is 20.9 Å². The van der Waals surface area contributed by atoms with Crippen LogP contribution in [0.3, 0.4) is 0 Å². The first-order valence-corrected chi connectivity index (χ1v) is 10.0. The van der Waals surface area contributed by atoms with Crippen molar-refractivity contribution < 1.29 is 34.8 Å². The molecule has 170 valence electrons. The number of rotatable bonds is 9. The van der Waals surface area contributed by atoms with Crippen LogP contribution in [-0.4, -0.2) is 88.4 Å². The van der Waals surface area contributed by atoms with E-state index in [1.165, 1.54) is 6.42 Å². The molecule has 9 nitrogen and oxygen atoms in total. The minimum Gasteiger partial charge on any atom is -0.479 e. The molecule has 3 unspecified atom stereocenters. The molecule has 1 aliphatic rings. The van der Waals surface area contributed by atoms with Crippen LogP contribution in [0.15, 0.2) is 18.2 Å². The number of hydrogen-bond acceptors (Lipinski definition) is 7. The van der Waals surface area contributed by atoms with E-state index in [4.69, 9.17) is 48.4 Å². The minimum absolute atomic E-state index is 0.358. The highest BCUT2D eigenvalue weighted by Gasteiger charge is 2.29. The van der Waals surface area contributed by atoms with Gasteiger partial charge in [-0.05, 0) is 37.6 Å². The van der Waals surface area contributed by atoms with Crippen molar-refractivity contribution in [3.63, 3.8) is 0 Å². The highest BCUT2D eigenvalue weighted by atomic mass is 35.5. The van der Waals surface area contributed by atoms with Gasteiger partial charge in [-0.15, -0.1) is 0 Å². The van der Waals surface area contributed by atoms with Crippen molar-refractivity contribution in [3.05, 3.63) is 33.8 Å². The smallest absolute Gasteiger partial charge is 0.335 e. The average molecular weight is 467 g/mol. The van der Waals surface area contributed by atoms with E-state index >= 15 is 0 Å². The Bertz CT molecular complexity index is 683. The number of nitrogens with one attached hydrogen (secondary N) is 1. The summed E-state index contributed by atoms with van der Waals surface area (Å²) in [5.74, 6) is -3.54. The van der Waals surface area contributed by atoms with Gasteiger partial charge in [0.2, 0.25) is 0 Å². The fourth-order valence-electron chi connectivity index (χ4n) is 3.02. The summed E-state index contributed by atoms with van der Waals surface area (Å²) in [7, 11) is 1.75. The maximum absolute atomic E-state index is 9.77. The zero-order valence-corrected chi connectivity index (χ0v) is 18.3. The largest absolute Gasteiger partial charge is 0.479 e. The van der Waals surface area contributed by atoms with Gasteiger partial charge in [0, 0.05) is 42.3 Å². The Morgan fingerprint density at radius 1 is 1.23 bits per heavy atom. The van der Waals surface area contributed by atoms with Gasteiger partial charge < -0.3 is 30.5 Å². The Hall–Kier alpha value is -1.46. The van der Waals surface area contributed by atoms with Gasteiger partial charge in [0.05, 0.1) is 6.61 Å². The third-order valence-electron chi connectivity index (χ3n) is 4.65. The van der Waals surface area contributed by atoms with Gasteiger partial charge in [0.15, 0.2) is 12.2 Å². The van der Waals surface area contributed by atoms with E-state index in [1.54, 1.807) is 7.11 Å². The molecule has 1 heterocycles. The van der Waals surface area contributed by atoms with Crippen molar-refractivity contribution in [3.8, 4) is 0 Å². The molecule has 0 spiro atoms. The van der Waals surface area contributed by atoms with E-state index in [1.807, 2.05) is 18.2 Å². The summed E-state index contributed by atoms with van der Waals surface area (Å²) in [4.78, 5) is 22.0. The zero-order valence-electron chi connectivity index (χ0n) is 16.8. The van der Waals surface area contributed by atoms with Crippen LogP contribution in [0.2, 0.25) is 10.0 Å². The molecule has 5 N–H and O–H groups in total. The van der Waals surface area contributed by atoms with E-state index < -0.39 is 24.1 Å². The molecule has 4 atom stereocenters. The topological polar surface area (TPSA) is 140 Å². The van der Waals surface area contributed by atoms with Crippen LogP contribution in [0.25, 0.3) is 0 Å². The molecule has 0 aromatic heterocycles. The molecular formula is C19H28Cl2N2O7. The zero-order chi connectivity index (χ0) is 22.8. The molecule has 0 saturated carbocycles. The maximum Gasteiger partial charge on any atom is 0.335 e. The Kier molecular flexibility index (Phi) is 11.6. The number of carboxylic acids is 2. The van der Waals surface area contributed by atoms with Crippen molar-refractivity contribution in [2.24, 2.45) is 0 Å². The lowest BCUT2D eigenvalue weighted by Crippen LogP contribution is -2.44. The van der Waals surface area contributed by atoms with E-state index in [-0.39, 0.29) is 0 Å². The van der Waals surface area contributed by atoms with E-state index in [9.17, 15) is 9.59 Å². The first kappa shape index (κ1) is 26.6. The fourth-order valence-corrected chi connectivity index (χ4v) is 3.49. The molecule has 30 heavy (non-hydrogen) atoms. The lowest BCUT2D eigenvalue weighted by Gasteiger charge is -2.34. The number of carbonyl (C=O) groups is 2. The Labute approximate surface area is 185 Å². The lowest BCUT2D eigenvalue weighted by molar-refractivity contribution is -0.165. The van der Waals surface area contributed by atoms with Gasteiger partial charge in [0.1, 0.15) is 0 Å². The van der Waals surface area contributed by atoms with E-state index in [0.29, 0.717) is 17.1 Å². The predicted octanol–water partition coefficient (Wildman–Crippen LogP) is 1.07. The molecule has 0 bridgehead atoms. The number of nitrogens with zero attached hydrogens (tertiary/aromatic N) is 1. The standard InChI is InChI=1S/C15H22Cl2N2O.C4H6O6/c1-11(10-20-2)19(14-5-6-18-8-14)9-12-3-4-13(16)7-15(12)17;5-1(3(7)8)2(6)4(9)10/h3-4,7,11,14,18H,5-6,8-10H2,1-2H3;1-2,5-6H,(H,7,8)(H,9,10)/t11?,14-;/m0./s1. The van der Waals surface area contributed by atoms with Crippen molar-refractivity contribution in [1.29, 1.82) is 0 Å². The first-order chi connectivity index (χ1) is 14.1. The lowest BCUT2D eigenvalue weighted by atomic mass is 10.1. The van der Waals surface area contributed by atoms with Gasteiger partial charge in [-0.3, -0.25) is 4.90 Å². The maximum atomic E-state index is 9.77. The van der Waals surface area contributed by atoms with Crippen molar-refractivity contribution >= 4 is 35.1 Å². The molecule has 11 heteroatoms. The van der Waals surface area contributed by atoms with Crippen molar-refractivity contribution in [2.75, 3.05) is 26.8 Å². The number of methoxy groups -OCH3 is 1. The molecule has 1 fully saturated rings. The van der Waals surface area contributed by atoms with Gasteiger partial charge in [-0.1, -0.05) is 29.3 Å². The number of aliphatic carboxylic acids is 2. The van der Waals surface area contributed by atoms with Gasteiger partial charge >= 0.3 is 11.9 Å². The Balaban J connectivity index is 0.000000382. The van der Waals surface area contributed by atoms with Crippen LogP contribution in [0.5, 0.6) is 0 Å². The normalized spacial score (nSPS) is 19.0. The summed E-state index contributed by atoms with van der Waals surface area (Å²) >= 11 is 12.3. The van der Waals surface area contributed by atoms with Crippen molar-refractivity contribution in [1.82, 2.24) is 10.2 Å². The van der Waals surface area contributed by atoms with E-state index in [0.717, 1.165) is 36.8 Å². The molecule has 1 aromatic rings. The van der Waals surface area contributed by atoms with Gasteiger partial charge in [-0.25, -0.2) is 9.59 Å². The van der Waals surface area contributed by atoms with Crippen LogP contribution in [0, 0.1) is 0 Å². The molecule has 0 radical (unpaired) electrons. The number of hydrogen-bond donors (Lipinski definition) is 5. The number of benzene rings is 1. The highest BCUT2D eigenvalue weighted by molar-refractivity contribution is 6.35. The molecule has 1 aromatic carbocycles. The number of carboxylic acid groups (broad SMARTS) is 2. The van der Waals surface area contributed by atoms with Crippen molar-refractivity contribution in [2.45, 2.75) is 44.2 Å². The van der Waals surface area contributed by atoms with Crippen LogP contribution >= 0.6 is 23.2 Å². The number of aliphatic hydroxyl groups is 2. The minimum atomic E-state index is -2.27. The first-order valence-electron chi connectivity index (χ1n) is 9.29. The second-order valence-corrected chi connectivity index (χ2v) is 7.77. The SMILES string of the molecule is COCC(C)N(Cc1ccc(Cl)cc1Cl)[C@H]1CCNC1.O=C(O)C(O)C(O)C(=O)O. The molecule has 2 rings (SSSR count). The fraction of sp³-hybridized carbons (Fsp3) is 0.579. The quantitative estimate of drug-likeness (QED) is 0.361. The summed E-state index contributed by atoms with van der Waals surface area (Å²) in [6.07, 6.45) is -3.37. The second kappa shape index (κ2) is 13.1. The number of aliphatic hydroxyl groups excluding tert-OH is 2. The molecule has 1 aliphatic heterocycles. The Morgan fingerprint density at radius 3 is 2.27 bits per heavy atom. The third-order valence-corrected chi connectivity index (χ3v) is 5.24. The number of halogens is 2. The summed E-state index contributed by atoms with van der Waals surface area (Å²) in [6, 6.07) is 6.61. The highest BCUT2D eigenvalue weighted by Crippen LogP contribution is 2.25. The summed E-state index contributed by atoms with van der Waals surface area (Å²) < 4.78 is 5.32. The summed E-state index contributed by atoms with van der Waals surface area (Å²) in [5, 5.41) is 37.4. The van der Waals surface area contributed by atoms with Crippen LogP contribution < -0.4 is 5.32 Å².